The van der Waals surface area contributed by atoms with Crippen molar-refractivity contribution in [1.82, 2.24) is 4.90 Å². The molecule has 0 fully saturated rings. The van der Waals surface area contributed by atoms with Crippen molar-refractivity contribution in [2.75, 3.05) is 27.2 Å². The molecule has 96 valence electrons. The van der Waals surface area contributed by atoms with Crippen LogP contribution in [-0.4, -0.2) is 38.1 Å². The summed E-state index contributed by atoms with van der Waals surface area (Å²) in [6.07, 6.45) is 1.13. The molecule has 0 aromatic carbocycles. The van der Waals surface area contributed by atoms with E-state index in [2.05, 4.69) is 32.7 Å². The van der Waals surface area contributed by atoms with E-state index >= 15 is 0 Å². The van der Waals surface area contributed by atoms with E-state index in [1.54, 1.807) is 0 Å². The van der Waals surface area contributed by atoms with Crippen molar-refractivity contribution in [2.45, 2.75) is 41.0 Å². The minimum absolute atomic E-state index is 0.143. The smallest absolute Gasteiger partial charge is 0.312 e. The van der Waals surface area contributed by atoms with Gasteiger partial charge in [-0.05, 0) is 39.3 Å². The Bertz CT molecular complexity index is 229. The lowest BCUT2D eigenvalue weighted by Crippen LogP contribution is -2.39. The van der Waals surface area contributed by atoms with Crippen LogP contribution in [0.15, 0.2) is 0 Å². The van der Waals surface area contributed by atoms with Gasteiger partial charge in [0.05, 0.1) is 12.5 Å². The van der Waals surface area contributed by atoms with Crippen molar-refractivity contribution >= 4 is 5.97 Å². The third-order valence-corrected chi connectivity index (χ3v) is 2.65. The van der Waals surface area contributed by atoms with Crippen molar-refractivity contribution in [3.8, 4) is 0 Å². The van der Waals surface area contributed by atoms with Crippen LogP contribution in [0.4, 0.5) is 0 Å². The van der Waals surface area contributed by atoms with E-state index in [9.17, 15) is 4.79 Å². The molecule has 0 atom stereocenters. The zero-order valence-electron chi connectivity index (χ0n) is 11.9. The van der Waals surface area contributed by atoms with Gasteiger partial charge < -0.3 is 9.64 Å². The fourth-order valence-corrected chi connectivity index (χ4v) is 1.62. The average Bonchev–Trinajstić information content (AvgIpc) is 2.11. The lowest BCUT2D eigenvalue weighted by Gasteiger charge is -2.29. The number of hydrogen-bond donors (Lipinski definition) is 0. The fourth-order valence-electron chi connectivity index (χ4n) is 1.62. The molecule has 0 aliphatic heterocycles. The van der Waals surface area contributed by atoms with Crippen LogP contribution in [-0.2, 0) is 9.53 Å². The molecule has 0 aromatic rings. The molecular weight excluding hydrogens is 202 g/mol. The zero-order chi connectivity index (χ0) is 13.0. The molecule has 0 heterocycles. The van der Waals surface area contributed by atoms with E-state index in [0.717, 1.165) is 19.5 Å². The van der Waals surface area contributed by atoms with Crippen LogP contribution >= 0.6 is 0 Å². The molecule has 0 saturated heterocycles. The maximum atomic E-state index is 11.5. The second-order valence-electron chi connectivity index (χ2n) is 6.42. The summed E-state index contributed by atoms with van der Waals surface area (Å²) in [5.74, 6) is -0.143. The highest BCUT2D eigenvalue weighted by atomic mass is 16.5. The Labute approximate surface area is 100 Å². The normalized spacial score (nSPS) is 13.0. The van der Waals surface area contributed by atoms with Gasteiger partial charge in [0.25, 0.3) is 0 Å². The molecule has 0 N–H and O–H groups in total. The van der Waals surface area contributed by atoms with Gasteiger partial charge in [-0.3, -0.25) is 4.79 Å². The van der Waals surface area contributed by atoms with Crippen LogP contribution in [0.5, 0.6) is 0 Å². The summed E-state index contributed by atoms with van der Waals surface area (Å²) in [5, 5.41) is 0. The molecule has 0 amide bonds. The number of carbonyl (C=O) groups is 1. The van der Waals surface area contributed by atoms with E-state index in [4.69, 9.17) is 4.74 Å². The first kappa shape index (κ1) is 15.4. The van der Waals surface area contributed by atoms with Gasteiger partial charge in [0.2, 0.25) is 0 Å². The summed E-state index contributed by atoms with van der Waals surface area (Å²) in [5.41, 5.74) is -0.0922. The lowest BCUT2D eigenvalue weighted by molar-refractivity contribution is -0.151. The third kappa shape index (κ3) is 6.11. The van der Waals surface area contributed by atoms with Crippen LogP contribution in [0.1, 0.15) is 41.0 Å². The Balaban J connectivity index is 4.14. The Morgan fingerprint density at radius 1 is 1.19 bits per heavy atom. The summed E-state index contributed by atoms with van der Waals surface area (Å²) < 4.78 is 4.80. The quantitative estimate of drug-likeness (QED) is 0.679. The highest BCUT2D eigenvalue weighted by Crippen LogP contribution is 2.21. The first-order chi connectivity index (χ1) is 7.08. The van der Waals surface area contributed by atoms with Crippen molar-refractivity contribution in [1.29, 1.82) is 0 Å². The second kappa shape index (κ2) is 5.67. The summed E-state index contributed by atoms with van der Waals surface area (Å²) in [6, 6.07) is 0. The SMILES string of the molecule is COC(=O)C(C)(C)CN(C)CCC(C)(C)C. The first-order valence-electron chi connectivity index (χ1n) is 5.85. The number of esters is 1. The Hall–Kier alpha value is -0.570. The van der Waals surface area contributed by atoms with E-state index < -0.39 is 5.41 Å². The summed E-state index contributed by atoms with van der Waals surface area (Å²) in [6.45, 7) is 12.3. The lowest BCUT2D eigenvalue weighted by atomic mass is 9.90. The summed E-state index contributed by atoms with van der Waals surface area (Å²) in [7, 11) is 3.50. The highest BCUT2D eigenvalue weighted by molar-refractivity contribution is 5.76. The van der Waals surface area contributed by atoms with Gasteiger partial charge in [0, 0.05) is 6.54 Å². The van der Waals surface area contributed by atoms with Crippen molar-refractivity contribution < 1.29 is 9.53 Å². The monoisotopic (exact) mass is 229 g/mol. The molecule has 0 bridgehead atoms. The molecule has 3 nitrogen and oxygen atoms in total. The maximum Gasteiger partial charge on any atom is 0.312 e. The summed E-state index contributed by atoms with van der Waals surface area (Å²) >= 11 is 0. The molecule has 0 unspecified atom stereocenters. The number of methoxy groups -OCH3 is 1. The number of ether oxygens (including phenoxy) is 1. The van der Waals surface area contributed by atoms with Crippen LogP contribution in [0, 0.1) is 10.8 Å². The van der Waals surface area contributed by atoms with Gasteiger partial charge in [-0.2, -0.15) is 0 Å². The van der Waals surface area contributed by atoms with Crippen LogP contribution in [0.2, 0.25) is 0 Å². The fraction of sp³-hybridized carbons (Fsp3) is 0.923. The first-order valence-corrected chi connectivity index (χ1v) is 5.85. The van der Waals surface area contributed by atoms with Gasteiger partial charge in [-0.15, -0.1) is 0 Å². The highest BCUT2D eigenvalue weighted by Gasteiger charge is 2.30. The number of carbonyl (C=O) groups excluding carboxylic acids is 1. The third-order valence-electron chi connectivity index (χ3n) is 2.65. The Morgan fingerprint density at radius 2 is 1.69 bits per heavy atom. The van der Waals surface area contributed by atoms with E-state index in [-0.39, 0.29) is 5.97 Å². The van der Waals surface area contributed by atoms with Gasteiger partial charge in [0.15, 0.2) is 0 Å². The molecule has 0 rings (SSSR count). The Morgan fingerprint density at radius 3 is 2.06 bits per heavy atom. The van der Waals surface area contributed by atoms with Gasteiger partial charge in [-0.1, -0.05) is 20.8 Å². The molecule has 16 heavy (non-hydrogen) atoms. The van der Waals surface area contributed by atoms with Crippen LogP contribution in [0.3, 0.4) is 0 Å². The molecule has 0 radical (unpaired) electrons. The molecular formula is C13H27NO2. The minimum Gasteiger partial charge on any atom is -0.469 e. The molecule has 0 aliphatic rings. The molecule has 0 aromatic heterocycles. The van der Waals surface area contributed by atoms with E-state index in [1.807, 2.05) is 13.8 Å². The van der Waals surface area contributed by atoms with Gasteiger partial charge >= 0.3 is 5.97 Å². The molecule has 0 aliphatic carbocycles. The average molecular weight is 229 g/mol. The predicted octanol–water partition coefficient (Wildman–Crippen LogP) is 2.55. The molecule has 0 saturated carbocycles. The topological polar surface area (TPSA) is 29.5 Å². The molecule has 0 spiro atoms. The number of rotatable bonds is 5. The zero-order valence-corrected chi connectivity index (χ0v) is 11.9. The van der Waals surface area contributed by atoms with Gasteiger partial charge in [0.1, 0.15) is 0 Å². The van der Waals surface area contributed by atoms with Crippen molar-refractivity contribution in [3.63, 3.8) is 0 Å². The second-order valence-corrected chi connectivity index (χ2v) is 6.42. The standard InChI is InChI=1S/C13H27NO2/c1-12(2,3)8-9-14(6)10-13(4,5)11(15)16-7/h8-10H2,1-7H3. The predicted molar refractivity (Wildman–Crippen MR) is 67.4 cm³/mol. The van der Waals surface area contributed by atoms with Crippen molar-refractivity contribution in [2.24, 2.45) is 10.8 Å². The van der Waals surface area contributed by atoms with E-state index in [1.165, 1.54) is 7.11 Å². The molecule has 3 heteroatoms. The van der Waals surface area contributed by atoms with E-state index in [0.29, 0.717) is 5.41 Å². The largest absolute Gasteiger partial charge is 0.469 e. The van der Waals surface area contributed by atoms with Crippen LogP contribution in [0.25, 0.3) is 0 Å². The van der Waals surface area contributed by atoms with Crippen LogP contribution < -0.4 is 0 Å². The number of nitrogens with zero attached hydrogens (tertiary/aromatic N) is 1. The minimum atomic E-state index is -0.429. The Kier molecular flexibility index (Phi) is 5.47. The summed E-state index contributed by atoms with van der Waals surface area (Å²) in [4.78, 5) is 13.7. The van der Waals surface area contributed by atoms with Gasteiger partial charge in [-0.25, -0.2) is 0 Å². The number of hydrogen-bond acceptors (Lipinski definition) is 3. The maximum absolute atomic E-state index is 11.5. The van der Waals surface area contributed by atoms with Crippen molar-refractivity contribution in [3.05, 3.63) is 0 Å².